The predicted molar refractivity (Wildman–Crippen MR) is 108 cm³/mol. The second-order valence-electron chi connectivity index (χ2n) is 7.50. The molecule has 2 amide bonds. The highest BCUT2D eigenvalue weighted by Gasteiger charge is 2.28. The third kappa shape index (κ3) is 4.40. The summed E-state index contributed by atoms with van der Waals surface area (Å²) < 4.78 is 5.40. The van der Waals surface area contributed by atoms with Crippen molar-refractivity contribution in [2.75, 3.05) is 49.6 Å². The molecular formula is C20H26N6O3. The lowest BCUT2D eigenvalue weighted by Gasteiger charge is -2.33. The highest BCUT2D eigenvalue weighted by molar-refractivity contribution is 5.95. The van der Waals surface area contributed by atoms with Crippen LogP contribution < -0.4 is 10.2 Å². The number of likely N-dealkylation sites (tertiary alicyclic amines) is 1. The first-order valence-corrected chi connectivity index (χ1v) is 9.99. The van der Waals surface area contributed by atoms with Crippen molar-refractivity contribution in [3.05, 3.63) is 35.9 Å². The largest absolute Gasteiger partial charge is 0.378 e. The fraction of sp³-hybridized carbons (Fsp3) is 0.500. The van der Waals surface area contributed by atoms with Crippen LogP contribution in [0.15, 0.2) is 24.7 Å². The Morgan fingerprint density at radius 1 is 1.21 bits per heavy atom. The number of anilines is 2. The molecular weight excluding hydrogens is 372 g/mol. The number of rotatable bonds is 4. The van der Waals surface area contributed by atoms with Gasteiger partial charge in [-0.3, -0.25) is 19.7 Å². The molecule has 2 N–H and O–H groups in total. The van der Waals surface area contributed by atoms with E-state index in [2.05, 4.69) is 25.4 Å². The number of ether oxygens (including phenoxy) is 1. The monoisotopic (exact) mass is 398 g/mol. The molecule has 0 aromatic carbocycles. The number of morpholine rings is 1. The Morgan fingerprint density at radius 2 is 2.03 bits per heavy atom. The summed E-state index contributed by atoms with van der Waals surface area (Å²) in [6, 6.07) is 1.92. The number of aromatic nitrogens is 3. The summed E-state index contributed by atoms with van der Waals surface area (Å²) in [5, 5.41) is 9.88. The maximum atomic E-state index is 13.2. The van der Waals surface area contributed by atoms with E-state index in [1.807, 2.05) is 11.0 Å². The van der Waals surface area contributed by atoms with Gasteiger partial charge in [-0.05, 0) is 18.9 Å². The number of nitrogens with one attached hydrogen (secondary N) is 2. The quantitative estimate of drug-likeness (QED) is 0.811. The van der Waals surface area contributed by atoms with Crippen LogP contribution in [0.2, 0.25) is 0 Å². The molecule has 1 atom stereocenters. The van der Waals surface area contributed by atoms with Crippen molar-refractivity contribution in [1.29, 1.82) is 0 Å². The zero-order valence-electron chi connectivity index (χ0n) is 16.6. The molecule has 2 fully saturated rings. The number of nitrogens with zero attached hydrogens (tertiary/aromatic N) is 4. The van der Waals surface area contributed by atoms with Crippen molar-refractivity contribution in [1.82, 2.24) is 20.1 Å². The van der Waals surface area contributed by atoms with Crippen LogP contribution in [-0.2, 0) is 9.53 Å². The molecule has 154 valence electrons. The number of amides is 2. The van der Waals surface area contributed by atoms with Gasteiger partial charge in [-0.15, -0.1) is 0 Å². The molecule has 9 nitrogen and oxygen atoms in total. The van der Waals surface area contributed by atoms with E-state index in [0.29, 0.717) is 37.6 Å². The van der Waals surface area contributed by atoms with Crippen LogP contribution in [0, 0.1) is 0 Å². The third-order valence-electron chi connectivity index (χ3n) is 5.44. The van der Waals surface area contributed by atoms with E-state index in [9.17, 15) is 9.59 Å². The smallest absolute Gasteiger partial charge is 0.255 e. The topological polar surface area (TPSA) is 103 Å². The highest BCUT2D eigenvalue weighted by Crippen LogP contribution is 2.31. The van der Waals surface area contributed by atoms with Gasteiger partial charge in [-0.1, -0.05) is 0 Å². The van der Waals surface area contributed by atoms with E-state index in [1.165, 1.54) is 6.92 Å². The van der Waals surface area contributed by atoms with Crippen molar-refractivity contribution >= 4 is 23.2 Å². The molecule has 0 bridgehead atoms. The maximum absolute atomic E-state index is 13.2. The Kier molecular flexibility index (Phi) is 5.75. The van der Waals surface area contributed by atoms with Crippen molar-refractivity contribution in [3.63, 3.8) is 0 Å². The number of carbonyl (C=O) groups is 2. The van der Waals surface area contributed by atoms with E-state index in [0.717, 1.165) is 37.3 Å². The lowest BCUT2D eigenvalue weighted by Crippen LogP contribution is -2.40. The summed E-state index contributed by atoms with van der Waals surface area (Å²) in [6.07, 6.45) is 6.88. The van der Waals surface area contributed by atoms with E-state index in [1.54, 1.807) is 18.6 Å². The molecule has 29 heavy (non-hydrogen) atoms. The predicted octanol–water partition coefficient (Wildman–Crippen LogP) is 1.62. The van der Waals surface area contributed by atoms with Gasteiger partial charge in [0.05, 0.1) is 48.2 Å². The minimum Gasteiger partial charge on any atom is -0.378 e. The minimum atomic E-state index is -0.137. The van der Waals surface area contributed by atoms with E-state index in [-0.39, 0.29) is 17.7 Å². The first-order chi connectivity index (χ1) is 14.1. The van der Waals surface area contributed by atoms with Crippen LogP contribution in [0.5, 0.6) is 0 Å². The molecule has 2 aliphatic rings. The molecule has 2 aliphatic heterocycles. The van der Waals surface area contributed by atoms with Gasteiger partial charge in [0, 0.05) is 45.2 Å². The summed E-state index contributed by atoms with van der Waals surface area (Å²) in [5.74, 6) is -0.0484. The Hall–Kier alpha value is -2.94. The zero-order chi connectivity index (χ0) is 20.2. The molecule has 0 spiro atoms. The normalized spacial score (nSPS) is 19.8. The first-order valence-electron chi connectivity index (χ1n) is 9.99. The number of carbonyl (C=O) groups excluding carboxylic acids is 2. The van der Waals surface area contributed by atoms with Gasteiger partial charge in [0.15, 0.2) is 0 Å². The van der Waals surface area contributed by atoms with Crippen LogP contribution in [-0.4, -0.2) is 71.3 Å². The van der Waals surface area contributed by atoms with Crippen LogP contribution in [0.25, 0.3) is 0 Å². The standard InChI is InChI=1S/C20H26N6O3/c1-14(27)23-18-12-22-24-19(18)15-3-2-4-26(13-15)20(28)16-9-17(11-21-10-16)25-5-7-29-8-6-25/h9-12,15H,2-8,13H2,1H3,(H,22,24)(H,23,27). The van der Waals surface area contributed by atoms with Crippen molar-refractivity contribution < 1.29 is 14.3 Å². The molecule has 1 unspecified atom stereocenters. The summed E-state index contributed by atoms with van der Waals surface area (Å²) >= 11 is 0. The van der Waals surface area contributed by atoms with Crippen LogP contribution >= 0.6 is 0 Å². The Morgan fingerprint density at radius 3 is 2.83 bits per heavy atom. The van der Waals surface area contributed by atoms with Gasteiger partial charge in [0.1, 0.15) is 0 Å². The first kappa shape index (κ1) is 19.4. The van der Waals surface area contributed by atoms with Crippen molar-refractivity contribution in [2.45, 2.75) is 25.7 Å². The molecule has 0 saturated carbocycles. The van der Waals surface area contributed by atoms with Crippen LogP contribution in [0.1, 0.15) is 41.7 Å². The number of piperidine rings is 1. The van der Waals surface area contributed by atoms with Gasteiger partial charge in [0.25, 0.3) is 5.91 Å². The molecule has 2 aromatic rings. The SMILES string of the molecule is CC(=O)Nc1cn[nH]c1C1CCCN(C(=O)c2cncc(N3CCOCC3)c2)C1. The summed E-state index contributed by atoms with van der Waals surface area (Å²) in [6.45, 7) is 5.74. The number of H-pyrrole nitrogens is 1. The Bertz CT molecular complexity index is 877. The number of aromatic amines is 1. The molecule has 2 aromatic heterocycles. The van der Waals surface area contributed by atoms with Crippen LogP contribution in [0.3, 0.4) is 0 Å². The lowest BCUT2D eigenvalue weighted by molar-refractivity contribution is -0.114. The average molecular weight is 398 g/mol. The van der Waals surface area contributed by atoms with Crippen molar-refractivity contribution in [2.24, 2.45) is 0 Å². The third-order valence-corrected chi connectivity index (χ3v) is 5.44. The van der Waals surface area contributed by atoms with E-state index in [4.69, 9.17) is 4.74 Å². The number of hydrogen-bond acceptors (Lipinski definition) is 6. The molecule has 9 heteroatoms. The second-order valence-corrected chi connectivity index (χ2v) is 7.50. The van der Waals surface area contributed by atoms with Gasteiger partial charge in [-0.25, -0.2) is 0 Å². The lowest BCUT2D eigenvalue weighted by atomic mass is 9.93. The molecule has 4 rings (SSSR count). The number of pyridine rings is 1. The fourth-order valence-corrected chi connectivity index (χ4v) is 4.02. The summed E-state index contributed by atoms with van der Waals surface area (Å²) in [5.41, 5.74) is 3.11. The van der Waals surface area contributed by atoms with Gasteiger partial charge in [0.2, 0.25) is 5.91 Å². The Balaban J connectivity index is 1.48. The van der Waals surface area contributed by atoms with Gasteiger partial charge in [-0.2, -0.15) is 5.10 Å². The van der Waals surface area contributed by atoms with Crippen LogP contribution in [0.4, 0.5) is 11.4 Å². The molecule has 2 saturated heterocycles. The summed E-state index contributed by atoms with van der Waals surface area (Å²) in [7, 11) is 0. The zero-order valence-corrected chi connectivity index (χ0v) is 16.6. The maximum Gasteiger partial charge on any atom is 0.255 e. The van der Waals surface area contributed by atoms with E-state index < -0.39 is 0 Å². The molecule has 0 aliphatic carbocycles. The van der Waals surface area contributed by atoms with Crippen molar-refractivity contribution in [3.8, 4) is 0 Å². The average Bonchev–Trinajstić information content (AvgIpc) is 3.21. The fourth-order valence-electron chi connectivity index (χ4n) is 4.02. The van der Waals surface area contributed by atoms with E-state index >= 15 is 0 Å². The number of hydrogen-bond donors (Lipinski definition) is 2. The molecule has 4 heterocycles. The molecule has 0 radical (unpaired) electrons. The minimum absolute atomic E-state index is 0.0158. The summed E-state index contributed by atoms with van der Waals surface area (Å²) in [4.78, 5) is 32.9. The Labute approximate surface area is 169 Å². The van der Waals surface area contributed by atoms with Gasteiger partial charge >= 0.3 is 0 Å². The van der Waals surface area contributed by atoms with Gasteiger partial charge < -0.3 is 19.9 Å². The second kappa shape index (κ2) is 8.60. The highest BCUT2D eigenvalue weighted by atomic mass is 16.5.